The number of amides is 2. The molecule has 2 amide bonds. The summed E-state index contributed by atoms with van der Waals surface area (Å²) >= 11 is 0. The van der Waals surface area contributed by atoms with E-state index in [1.807, 2.05) is 28.0 Å². The van der Waals surface area contributed by atoms with Crippen molar-refractivity contribution < 1.29 is 9.53 Å². The average Bonchev–Trinajstić information content (AvgIpc) is 3.27. The maximum Gasteiger partial charge on any atom is 0.323 e. The number of aromatic amines is 1. The number of ether oxygens (including phenoxy) is 1. The Labute approximate surface area is 141 Å². The van der Waals surface area contributed by atoms with E-state index in [0.717, 1.165) is 44.3 Å². The fraction of sp³-hybridized carbons (Fsp3) is 0.562. The lowest BCUT2D eigenvalue weighted by atomic mass is 9.98. The zero-order chi connectivity index (χ0) is 16.8. The van der Waals surface area contributed by atoms with E-state index < -0.39 is 0 Å². The summed E-state index contributed by atoms with van der Waals surface area (Å²) < 4.78 is 6.85. The molecule has 0 saturated carbocycles. The van der Waals surface area contributed by atoms with Crippen LogP contribution in [0.3, 0.4) is 0 Å². The number of anilines is 1. The normalized spacial score (nSPS) is 17.9. The van der Waals surface area contributed by atoms with Crippen LogP contribution in [0.4, 0.5) is 10.6 Å². The summed E-state index contributed by atoms with van der Waals surface area (Å²) in [4.78, 5) is 14.5. The Morgan fingerprint density at radius 1 is 1.50 bits per heavy atom. The molecule has 2 aromatic heterocycles. The zero-order valence-electron chi connectivity index (χ0n) is 13.9. The fourth-order valence-electron chi connectivity index (χ4n) is 3.07. The average molecular weight is 332 g/mol. The molecule has 1 aliphatic heterocycles. The Hall–Kier alpha value is -2.35. The Morgan fingerprint density at radius 2 is 2.42 bits per heavy atom. The quantitative estimate of drug-likeness (QED) is 0.795. The monoisotopic (exact) mass is 332 g/mol. The third kappa shape index (κ3) is 3.94. The third-order valence-corrected chi connectivity index (χ3v) is 4.28. The van der Waals surface area contributed by atoms with Crippen LogP contribution in [-0.2, 0) is 11.3 Å². The summed E-state index contributed by atoms with van der Waals surface area (Å²) in [7, 11) is 1.68. The Kier molecular flexibility index (Phi) is 5.47. The third-order valence-electron chi connectivity index (χ3n) is 4.28. The molecule has 0 radical (unpaired) electrons. The topological polar surface area (TPSA) is 88.1 Å². The van der Waals surface area contributed by atoms with Gasteiger partial charge < -0.3 is 9.64 Å². The van der Waals surface area contributed by atoms with E-state index in [2.05, 4.69) is 20.6 Å². The first kappa shape index (κ1) is 16.5. The number of aryl methyl sites for hydroxylation is 1. The number of carbonyl (C=O) groups is 1. The molecule has 0 aromatic carbocycles. The molecular weight excluding hydrogens is 308 g/mol. The summed E-state index contributed by atoms with van der Waals surface area (Å²) in [6.07, 6.45) is 9.51. The fourth-order valence-corrected chi connectivity index (χ4v) is 3.07. The summed E-state index contributed by atoms with van der Waals surface area (Å²) in [5, 5.41) is 14.1. The molecule has 3 rings (SSSR count). The van der Waals surface area contributed by atoms with Gasteiger partial charge in [-0.1, -0.05) is 0 Å². The lowest BCUT2D eigenvalue weighted by molar-refractivity contribution is 0.163. The summed E-state index contributed by atoms with van der Waals surface area (Å²) in [5.74, 6) is 0.578. The van der Waals surface area contributed by atoms with Gasteiger partial charge >= 0.3 is 6.03 Å². The van der Waals surface area contributed by atoms with Crippen molar-refractivity contribution in [2.45, 2.75) is 38.3 Å². The smallest absolute Gasteiger partial charge is 0.323 e. The molecule has 0 unspecified atom stereocenters. The Balaban J connectivity index is 1.61. The van der Waals surface area contributed by atoms with Gasteiger partial charge in [-0.05, 0) is 25.7 Å². The molecule has 0 bridgehead atoms. The van der Waals surface area contributed by atoms with Crippen LogP contribution in [0.15, 0.2) is 24.7 Å². The van der Waals surface area contributed by atoms with Crippen LogP contribution in [0.2, 0.25) is 0 Å². The summed E-state index contributed by atoms with van der Waals surface area (Å²) in [5.41, 5.74) is 1.05. The number of hydrogen-bond donors (Lipinski definition) is 2. The maximum atomic E-state index is 12.7. The highest BCUT2D eigenvalue weighted by Gasteiger charge is 2.28. The maximum absolute atomic E-state index is 12.7. The minimum Gasteiger partial charge on any atom is -0.385 e. The number of hydrogen-bond acceptors (Lipinski definition) is 4. The molecule has 2 aromatic rings. The Morgan fingerprint density at radius 3 is 3.21 bits per heavy atom. The van der Waals surface area contributed by atoms with Gasteiger partial charge in [-0.15, -0.1) is 0 Å². The largest absolute Gasteiger partial charge is 0.385 e. The van der Waals surface area contributed by atoms with Gasteiger partial charge in [0.1, 0.15) is 0 Å². The second kappa shape index (κ2) is 7.96. The summed E-state index contributed by atoms with van der Waals surface area (Å²) in [6, 6.07) is 1.78. The van der Waals surface area contributed by atoms with Gasteiger partial charge in [-0.3, -0.25) is 15.1 Å². The molecule has 3 heterocycles. The number of aromatic nitrogens is 4. The van der Waals surface area contributed by atoms with Gasteiger partial charge in [0.15, 0.2) is 5.82 Å². The molecular formula is C16H24N6O2. The molecule has 1 saturated heterocycles. The predicted octanol–water partition coefficient (Wildman–Crippen LogP) is 2.40. The number of H-pyrrole nitrogens is 1. The van der Waals surface area contributed by atoms with Crippen LogP contribution in [0.5, 0.6) is 0 Å². The van der Waals surface area contributed by atoms with E-state index in [4.69, 9.17) is 4.74 Å². The molecule has 130 valence electrons. The number of methoxy groups -OCH3 is 1. The van der Waals surface area contributed by atoms with E-state index in [1.165, 1.54) is 0 Å². The van der Waals surface area contributed by atoms with Gasteiger partial charge in [0.2, 0.25) is 0 Å². The standard InChI is InChI=1S/C16H24N6O2/c1-24-10-4-7-21-9-6-15(20-21)19-16(23)22-8-3-2-5-14(22)13-11-17-18-12-13/h6,9,11-12,14H,2-5,7-8,10H2,1H3,(H,17,18)(H,19,20,23)/t14-/m0/s1. The second-order valence-corrected chi connectivity index (χ2v) is 5.98. The Bertz CT molecular complexity index is 639. The van der Waals surface area contributed by atoms with Crippen LogP contribution in [-0.4, -0.2) is 51.2 Å². The lowest BCUT2D eigenvalue weighted by Crippen LogP contribution is -2.41. The zero-order valence-corrected chi connectivity index (χ0v) is 13.9. The van der Waals surface area contributed by atoms with Gasteiger partial charge in [0, 0.05) is 50.8 Å². The van der Waals surface area contributed by atoms with Crippen molar-refractivity contribution in [2.75, 3.05) is 25.6 Å². The SMILES string of the molecule is COCCCn1ccc(NC(=O)N2CCCC[C@H]2c2cn[nH]c2)n1. The van der Waals surface area contributed by atoms with Gasteiger partial charge in [0.25, 0.3) is 0 Å². The minimum absolute atomic E-state index is 0.0706. The van der Waals surface area contributed by atoms with E-state index in [-0.39, 0.29) is 12.1 Å². The van der Waals surface area contributed by atoms with Crippen molar-refractivity contribution in [3.8, 4) is 0 Å². The highest BCUT2D eigenvalue weighted by Crippen LogP contribution is 2.30. The number of likely N-dealkylation sites (tertiary alicyclic amines) is 1. The highest BCUT2D eigenvalue weighted by molar-refractivity contribution is 5.88. The molecule has 8 heteroatoms. The molecule has 1 fully saturated rings. The molecule has 2 N–H and O–H groups in total. The lowest BCUT2D eigenvalue weighted by Gasteiger charge is -2.35. The number of carbonyl (C=O) groups excluding carboxylic acids is 1. The van der Waals surface area contributed by atoms with Crippen LogP contribution in [0.1, 0.15) is 37.3 Å². The van der Waals surface area contributed by atoms with Crippen LogP contribution < -0.4 is 5.32 Å². The predicted molar refractivity (Wildman–Crippen MR) is 89.6 cm³/mol. The van der Waals surface area contributed by atoms with Gasteiger partial charge in [0.05, 0.1) is 12.2 Å². The van der Waals surface area contributed by atoms with Crippen molar-refractivity contribution in [3.63, 3.8) is 0 Å². The first-order valence-electron chi connectivity index (χ1n) is 8.36. The van der Waals surface area contributed by atoms with Crippen molar-refractivity contribution in [3.05, 3.63) is 30.2 Å². The molecule has 8 nitrogen and oxygen atoms in total. The molecule has 1 atom stereocenters. The number of urea groups is 1. The second-order valence-electron chi connectivity index (χ2n) is 5.98. The minimum atomic E-state index is -0.108. The highest BCUT2D eigenvalue weighted by atomic mass is 16.5. The van der Waals surface area contributed by atoms with E-state index in [0.29, 0.717) is 12.4 Å². The molecule has 1 aliphatic rings. The van der Waals surface area contributed by atoms with Crippen LogP contribution in [0.25, 0.3) is 0 Å². The first-order chi connectivity index (χ1) is 11.8. The van der Waals surface area contributed by atoms with E-state index in [9.17, 15) is 4.79 Å². The van der Waals surface area contributed by atoms with Crippen molar-refractivity contribution in [1.82, 2.24) is 24.9 Å². The van der Waals surface area contributed by atoms with Gasteiger partial charge in [-0.2, -0.15) is 10.2 Å². The molecule has 24 heavy (non-hydrogen) atoms. The van der Waals surface area contributed by atoms with E-state index in [1.54, 1.807) is 13.3 Å². The van der Waals surface area contributed by atoms with Crippen LogP contribution in [0, 0.1) is 0 Å². The number of rotatable bonds is 6. The molecule has 0 aliphatic carbocycles. The van der Waals surface area contributed by atoms with Gasteiger partial charge in [-0.25, -0.2) is 4.79 Å². The molecule has 0 spiro atoms. The summed E-state index contributed by atoms with van der Waals surface area (Å²) in [6.45, 7) is 2.21. The van der Waals surface area contributed by atoms with Crippen molar-refractivity contribution in [2.24, 2.45) is 0 Å². The van der Waals surface area contributed by atoms with E-state index >= 15 is 0 Å². The van der Waals surface area contributed by atoms with Crippen molar-refractivity contribution in [1.29, 1.82) is 0 Å². The van der Waals surface area contributed by atoms with Crippen LogP contribution >= 0.6 is 0 Å². The first-order valence-corrected chi connectivity index (χ1v) is 8.36. The van der Waals surface area contributed by atoms with Crippen molar-refractivity contribution >= 4 is 11.8 Å². The number of nitrogens with one attached hydrogen (secondary N) is 2. The number of nitrogens with zero attached hydrogens (tertiary/aromatic N) is 4. The number of piperidine rings is 1.